The van der Waals surface area contributed by atoms with Crippen LogP contribution >= 0.6 is 0 Å². The number of furan rings is 1. The van der Waals surface area contributed by atoms with Gasteiger partial charge in [0, 0.05) is 33.6 Å². The van der Waals surface area contributed by atoms with Crippen LogP contribution in [0.3, 0.4) is 0 Å². The van der Waals surface area contributed by atoms with Crippen molar-refractivity contribution >= 4 is 71.3 Å². The topological polar surface area (TPSA) is 16.4 Å². The molecule has 0 aliphatic carbocycles. The summed E-state index contributed by atoms with van der Waals surface area (Å²) in [5.41, 5.74) is 12.2. The minimum Gasteiger partial charge on any atom is -0.456 e. The van der Waals surface area contributed by atoms with Gasteiger partial charge in [0.1, 0.15) is 11.2 Å². The summed E-state index contributed by atoms with van der Waals surface area (Å²) in [7, 11) is 0. The first-order valence-corrected chi connectivity index (χ1v) is 19.2. The summed E-state index contributed by atoms with van der Waals surface area (Å²) >= 11 is 0. The second-order valence-corrected chi connectivity index (χ2v) is 14.5. The van der Waals surface area contributed by atoms with Crippen LogP contribution in [0.1, 0.15) is 0 Å². The number of fused-ring (bicyclic) bond motifs is 6. The molecule has 56 heavy (non-hydrogen) atoms. The van der Waals surface area contributed by atoms with Crippen molar-refractivity contribution in [1.29, 1.82) is 0 Å². The summed E-state index contributed by atoms with van der Waals surface area (Å²) in [4.78, 5) is 2.38. The van der Waals surface area contributed by atoms with E-state index in [0.29, 0.717) is 0 Å². The fourth-order valence-electron chi connectivity index (χ4n) is 8.60. The van der Waals surface area contributed by atoms with Crippen molar-refractivity contribution in [3.63, 3.8) is 0 Å². The van der Waals surface area contributed by atoms with Crippen LogP contribution in [0.25, 0.3) is 87.6 Å². The lowest BCUT2D eigenvalue weighted by Crippen LogP contribution is -2.10. The Morgan fingerprint density at radius 2 is 0.911 bits per heavy atom. The average Bonchev–Trinajstić information content (AvgIpc) is 3.64. The first-order valence-electron chi connectivity index (χ1n) is 19.2. The zero-order valence-corrected chi connectivity index (χ0v) is 30.6. The number of rotatable bonds is 6. The molecule has 0 atom stereocenters. The Labute approximate surface area is 325 Å². The maximum atomic E-state index is 6.45. The zero-order valence-electron chi connectivity index (χ0n) is 30.6. The molecule has 0 bridgehead atoms. The summed E-state index contributed by atoms with van der Waals surface area (Å²) in [5.74, 6) is 0. The minimum absolute atomic E-state index is 0.867. The summed E-state index contributed by atoms with van der Waals surface area (Å²) < 4.78 is 6.45. The SMILES string of the molecule is c1ccc(-c2cccc3cccc(-c4ccc(N(c5ccc6c(c5)oc5ccccc56)c5ccc(-c6ccc7ccccc7c6)c6ccccc56)cc4)c23)cc1. The molecule has 0 saturated carbocycles. The van der Waals surface area contributed by atoms with Crippen molar-refractivity contribution in [2.75, 3.05) is 4.90 Å². The predicted octanol–water partition coefficient (Wildman–Crippen LogP) is 15.5. The standard InChI is InChI=1S/C54H35NO/c1-2-13-37(14-3-1)45-21-10-16-39-17-11-22-46(54(39)45)38-26-28-42(29-27-38)55(43-30-31-50-49-20-8-9-23-52(49)56-53(50)35-43)51-33-32-44(47-18-6-7-19-48(47)51)41-25-24-36-12-4-5-15-40(36)34-41/h1-35H. The molecular formula is C54H35NO. The minimum atomic E-state index is 0.867. The maximum Gasteiger partial charge on any atom is 0.137 e. The maximum absolute atomic E-state index is 6.45. The smallest absolute Gasteiger partial charge is 0.137 e. The van der Waals surface area contributed by atoms with Gasteiger partial charge in [-0.05, 0) is 103 Å². The number of anilines is 3. The molecule has 1 aromatic heterocycles. The van der Waals surface area contributed by atoms with Crippen LogP contribution in [-0.2, 0) is 0 Å². The van der Waals surface area contributed by atoms with E-state index in [1.54, 1.807) is 0 Å². The quantitative estimate of drug-likeness (QED) is 0.171. The molecule has 1 heterocycles. The van der Waals surface area contributed by atoms with E-state index in [-0.39, 0.29) is 0 Å². The highest BCUT2D eigenvalue weighted by Crippen LogP contribution is 2.45. The Hall–Kier alpha value is -7.42. The van der Waals surface area contributed by atoms with Crippen molar-refractivity contribution < 1.29 is 4.42 Å². The Bertz CT molecular complexity index is 3240. The molecule has 0 fully saturated rings. The molecule has 0 unspecified atom stereocenters. The van der Waals surface area contributed by atoms with E-state index < -0.39 is 0 Å². The van der Waals surface area contributed by atoms with Crippen LogP contribution in [0.15, 0.2) is 217 Å². The highest BCUT2D eigenvalue weighted by molar-refractivity contribution is 6.10. The molecular weight excluding hydrogens is 679 g/mol. The van der Waals surface area contributed by atoms with Crippen molar-refractivity contribution in [3.8, 4) is 33.4 Å². The third-order valence-corrected chi connectivity index (χ3v) is 11.2. The number of hydrogen-bond acceptors (Lipinski definition) is 2. The van der Waals surface area contributed by atoms with E-state index in [4.69, 9.17) is 4.42 Å². The van der Waals surface area contributed by atoms with Gasteiger partial charge < -0.3 is 9.32 Å². The molecule has 2 heteroatoms. The Morgan fingerprint density at radius 1 is 0.304 bits per heavy atom. The van der Waals surface area contributed by atoms with Crippen LogP contribution in [0.2, 0.25) is 0 Å². The van der Waals surface area contributed by atoms with Gasteiger partial charge in [0.2, 0.25) is 0 Å². The first kappa shape index (κ1) is 32.0. The van der Waals surface area contributed by atoms with Gasteiger partial charge in [-0.3, -0.25) is 0 Å². The largest absolute Gasteiger partial charge is 0.456 e. The van der Waals surface area contributed by atoms with Crippen molar-refractivity contribution in [2.24, 2.45) is 0 Å². The van der Waals surface area contributed by atoms with Gasteiger partial charge in [0.15, 0.2) is 0 Å². The molecule has 0 aliphatic rings. The van der Waals surface area contributed by atoms with E-state index >= 15 is 0 Å². The van der Waals surface area contributed by atoms with Gasteiger partial charge >= 0.3 is 0 Å². The van der Waals surface area contributed by atoms with Gasteiger partial charge in [-0.25, -0.2) is 0 Å². The second kappa shape index (κ2) is 13.2. The number of benzene rings is 10. The fourth-order valence-corrected chi connectivity index (χ4v) is 8.60. The lowest BCUT2D eigenvalue weighted by atomic mass is 9.91. The van der Waals surface area contributed by atoms with E-state index in [0.717, 1.165) is 39.0 Å². The number of hydrogen-bond donors (Lipinski definition) is 0. The molecule has 0 radical (unpaired) electrons. The van der Waals surface area contributed by atoms with Crippen molar-refractivity contribution in [1.82, 2.24) is 0 Å². The Balaban J connectivity index is 1.09. The molecule has 10 aromatic carbocycles. The predicted molar refractivity (Wildman–Crippen MR) is 237 cm³/mol. The Kier molecular flexibility index (Phi) is 7.53. The summed E-state index contributed by atoms with van der Waals surface area (Å²) in [5, 5.41) is 9.59. The number of para-hydroxylation sites is 1. The summed E-state index contributed by atoms with van der Waals surface area (Å²) in [6, 6.07) is 76.5. The van der Waals surface area contributed by atoms with E-state index in [1.165, 1.54) is 65.7 Å². The van der Waals surface area contributed by atoms with Gasteiger partial charge in [-0.2, -0.15) is 0 Å². The highest BCUT2D eigenvalue weighted by atomic mass is 16.3. The molecule has 0 aliphatic heterocycles. The van der Waals surface area contributed by atoms with Crippen LogP contribution in [-0.4, -0.2) is 0 Å². The molecule has 0 N–H and O–H groups in total. The van der Waals surface area contributed by atoms with Gasteiger partial charge in [0.05, 0.1) is 5.69 Å². The number of nitrogens with zero attached hydrogens (tertiary/aromatic N) is 1. The third kappa shape index (κ3) is 5.34. The Morgan fingerprint density at radius 3 is 1.71 bits per heavy atom. The van der Waals surface area contributed by atoms with Gasteiger partial charge in [-0.15, -0.1) is 0 Å². The summed E-state index contributed by atoms with van der Waals surface area (Å²) in [6.45, 7) is 0. The normalized spacial score (nSPS) is 11.6. The molecule has 11 rings (SSSR count). The third-order valence-electron chi connectivity index (χ3n) is 11.2. The molecule has 0 spiro atoms. The van der Waals surface area contributed by atoms with Crippen LogP contribution in [0, 0.1) is 0 Å². The van der Waals surface area contributed by atoms with Gasteiger partial charge in [-0.1, -0.05) is 164 Å². The van der Waals surface area contributed by atoms with Crippen LogP contribution in [0.5, 0.6) is 0 Å². The lowest BCUT2D eigenvalue weighted by Gasteiger charge is -2.28. The second-order valence-electron chi connectivity index (χ2n) is 14.5. The van der Waals surface area contributed by atoms with Gasteiger partial charge in [0.25, 0.3) is 0 Å². The molecule has 2 nitrogen and oxygen atoms in total. The monoisotopic (exact) mass is 713 g/mol. The molecule has 0 saturated heterocycles. The highest BCUT2D eigenvalue weighted by Gasteiger charge is 2.20. The van der Waals surface area contributed by atoms with E-state index in [1.807, 2.05) is 12.1 Å². The summed E-state index contributed by atoms with van der Waals surface area (Å²) in [6.07, 6.45) is 0. The molecule has 262 valence electrons. The molecule has 0 amide bonds. The van der Waals surface area contributed by atoms with E-state index in [9.17, 15) is 0 Å². The van der Waals surface area contributed by atoms with Crippen LogP contribution < -0.4 is 4.90 Å². The molecule has 11 aromatic rings. The average molecular weight is 714 g/mol. The zero-order chi connectivity index (χ0) is 37.0. The van der Waals surface area contributed by atoms with Crippen molar-refractivity contribution in [2.45, 2.75) is 0 Å². The lowest BCUT2D eigenvalue weighted by molar-refractivity contribution is 0.669. The van der Waals surface area contributed by atoms with E-state index in [2.05, 4.69) is 205 Å². The fraction of sp³-hybridized carbons (Fsp3) is 0. The first-order chi connectivity index (χ1) is 27.8. The van der Waals surface area contributed by atoms with Crippen molar-refractivity contribution in [3.05, 3.63) is 212 Å². The van der Waals surface area contributed by atoms with Crippen LogP contribution in [0.4, 0.5) is 17.1 Å².